The first-order chi connectivity index (χ1) is 16.7. The summed E-state index contributed by atoms with van der Waals surface area (Å²) in [5.74, 6) is -0.390. The maximum absolute atomic E-state index is 13.5. The summed E-state index contributed by atoms with van der Waals surface area (Å²) in [6.45, 7) is 7.58. The van der Waals surface area contributed by atoms with Crippen LogP contribution < -0.4 is 10.6 Å². The number of hydrogen-bond donors (Lipinski definition) is 2. The average molecular weight is 503 g/mol. The van der Waals surface area contributed by atoms with Gasteiger partial charge in [0.05, 0.1) is 36.8 Å². The highest BCUT2D eigenvalue weighted by Gasteiger charge is 2.36. The van der Waals surface area contributed by atoms with Gasteiger partial charge >= 0.3 is 0 Å². The van der Waals surface area contributed by atoms with Crippen LogP contribution >= 0.6 is 11.8 Å². The predicted molar refractivity (Wildman–Crippen MR) is 140 cm³/mol. The number of para-hydroxylation sites is 1. The van der Waals surface area contributed by atoms with Crippen LogP contribution in [-0.2, 0) is 14.3 Å². The Bertz CT molecular complexity index is 1060. The molecule has 2 aliphatic heterocycles. The van der Waals surface area contributed by atoms with E-state index in [1.54, 1.807) is 11.8 Å². The summed E-state index contributed by atoms with van der Waals surface area (Å²) in [6, 6.07) is 8.21. The molecule has 0 bridgehead atoms. The van der Waals surface area contributed by atoms with Gasteiger partial charge in [0, 0.05) is 34.4 Å². The minimum Gasteiger partial charge on any atom is -0.353 e. The molecule has 2 fully saturated rings. The molecule has 2 saturated heterocycles. The molecule has 0 saturated carbocycles. The Morgan fingerprint density at radius 2 is 1.97 bits per heavy atom. The zero-order chi connectivity index (χ0) is 25.3. The third-order valence-electron chi connectivity index (χ3n) is 7.37. The number of benzene rings is 1. The Kier molecular flexibility index (Phi) is 8.10. The first kappa shape index (κ1) is 26.0. The fourth-order valence-corrected chi connectivity index (χ4v) is 6.30. The lowest BCUT2D eigenvalue weighted by molar-refractivity contribution is -0.217. The van der Waals surface area contributed by atoms with E-state index in [9.17, 15) is 9.59 Å². The average Bonchev–Trinajstić information content (AvgIpc) is 3.14. The zero-order valence-corrected chi connectivity index (χ0v) is 22.4. The molecule has 4 rings (SSSR count). The first-order valence-electron chi connectivity index (χ1n) is 12.3. The Morgan fingerprint density at radius 3 is 2.63 bits per heavy atom. The second-order valence-corrected chi connectivity index (χ2v) is 11.1. The monoisotopic (exact) mass is 502 g/mol. The maximum Gasteiger partial charge on any atom is 0.253 e. The van der Waals surface area contributed by atoms with E-state index in [4.69, 9.17) is 9.47 Å². The molecule has 2 aromatic rings. The smallest absolute Gasteiger partial charge is 0.253 e. The number of fused-ring (bicyclic) bond motifs is 1. The van der Waals surface area contributed by atoms with Gasteiger partial charge in [-0.05, 0) is 53.6 Å². The number of ether oxygens (including phenoxy) is 2. The summed E-state index contributed by atoms with van der Waals surface area (Å²) in [6.07, 6.45) is 2.53. The summed E-state index contributed by atoms with van der Waals surface area (Å²) >= 11 is 1.69. The van der Waals surface area contributed by atoms with Crippen LogP contribution in [0.25, 0.3) is 10.9 Å². The molecule has 192 valence electrons. The lowest BCUT2D eigenvalue weighted by atomic mass is 9.93. The Hall–Kier alpha value is -2.07. The highest BCUT2D eigenvalue weighted by atomic mass is 32.2. The van der Waals surface area contributed by atoms with Crippen molar-refractivity contribution >= 4 is 34.5 Å². The summed E-state index contributed by atoms with van der Waals surface area (Å²) in [7, 11) is 4.04. The van der Waals surface area contributed by atoms with Crippen molar-refractivity contribution in [2.24, 2.45) is 5.92 Å². The van der Waals surface area contributed by atoms with Crippen molar-refractivity contribution in [3.63, 3.8) is 0 Å². The number of carbonyl (C=O) groups excluding carboxylic acids is 2. The molecule has 1 aromatic carbocycles. The van der Waals surface area contributed by atoms with Crippen molar-refractivity contribution in [3.8, 4) is 0 Å². The van der Waals surface area contributed by atoms with E-state index < -0.39 is 6.29 Å². The second kappa shape index (κ2) is 10.9. The molecule has 2 N–H and O–H groups in total. The van der Waals surface area contributed by atoms with Crippen molar-refractivity contribution in [2.45, 2.75) is 56.9 Å². The number of amides is 2. The van der Waals surface area contributed by atoms with Crippen LogP contribution in [0.2, 0.25) is 0 Å². The van der Waals surface area contributed by atoms with Crippen molar-refractivity contribution in [3.05, 3.63) is 35.5 Å². The molecule has 8 nitrogen and oxygen atoms in total. The van der Waals surface area contributed by atoms with Gasteiger partial charge in [0.25, 0.3) is 5.91 Å². The van der Waals surface area contributed by atoms with E-state index >= 15 is 0 Å². The normalized spacial score (nSPS) is 28.2. The molecule has 35 heavy (non-hydrogen) atoms. The largest absolute Gasteiger partial charge is 0.353 e. The number of nitrogens with one attached hydrogen (secondary N) is 2. The summed E-state index contributed by atoms with van der Waals surface area (Å²) in [5.41, 5.74) is 2.47. The Balaban J connectivity index is 1.56. The maximum atomic E-state index is 13.5. The number of rotatable bonds is 7. The number of likely N-dealkylation sites (N-methyl/N-ethyl adjacent to an activating group) is 1. The fourth-order valence-electron chi connectivity index (χ4n) is 5.28. The Labute approximate surface area is 212 Å². The van der Waals surface area contributed by atoms with Gasteiger partial charge < -0.3 is 29.6 Å². The van der Waals surface area contributed by atoms with E-state index in [0.717, 1.165) is 23.0 Å². The molecule has 9 heteroatoms. The van der Waals surface area contributed by atoms with Crippen molar-refractivity contribution in [1.29, 1.82) is 0 Å². The van der Waals surface area contributed by atoms with Gasteiger partial charge in [-0.25, -0.2) is 0 Å². The number of aromatic nitrogens is 1. The molecule has 0 aliphatic carbocycles. The number of hydrogen-bond acceptors (Lipinski definition) is 6. The lowest BCUT2D eigenvalue weighted by Gasteiger charge is -2.36. The minimum absolute atomic E-state index is 0.0128. The van der Waals surface area contributed by atoms with Gasteiger partial charge in [-0.3, -0.25) is 9.59 Å². The van der Waals surface area contributed by atoms with Crippen LogP contribution in [0.15, 0.2) is 24.3 Å². The molecule has 4 atom stereocenters. The van der Waals surface area contributed by atoms with Gasteiger partial charge in [-0.1, -0.05) is 18.2 Å². The Morgan fingerprint density at radius 1 is 1.29 bits per heavy atom. The van der Waals surface area contributed by atoms with Gasteiger partial charge in [0.15, 0.2) is 6.29 Å². The van der Waals surface area contributed by atoms with Crippen LogP contribution in [0.3, 0.4) is 0 Å². The van der Waals surface area contributed by atoms with Gasteiger partial charge in [-0.15, -0.1) is 0 Å². The predicted octanol–water partition coefficient (Wildman–Crippen LogP) is 2.80. The summed E-state index contributed by atoms with van der Waals surface area (Å²) in [4.78, 5) is 28.2. The first-order valence-corrected chi connectivity index (χ1v) is 13.6. The topological polar surface area (TPSA) is 84.8 Å². The van der Waals surface area contributed by atoms with Gasteiger partial charge in [0.2, 0.25) is 5.91 Å². The van der Waals surface area contributed by atoms with Gasteiger partial charge in [0.1, 0.15) is 0 Å². The molecule has 0 spiro atoms. The number of piperidine rings is 1. The second-order valence-electron chi connectivity index (χ2n) is 9.98. The van der Waals surface area contributed by atoms with Crippen LogP contribution in [0, 0.1) is 12.8 Å². The number of carbonyl (C=O) groups is 2. The quantitative estimate of drug-likeness (QED) is 0.606. The zero-order valence-electron chi connectivity index (χ0n) is 21.5. The molecule has 3 heterocycles. The van der Waals surface area contributed by atoms with Crippen molar-refractivity contribution < 1.29 is 19.1 Å². The van der Waals surface area contributed by atoms with Crippen molar-refractivity contribution in [1.82, 2.24) is 20.1 Å². The molecule has 1 aromatic heterocycles. The fraction of sp³-hybridized carbons (Fsp3) is 0.615. The number of thioether (sulfide) groups is 1. The van der Waals surface area contributed by atoms with Gasteiger partial charge in [-0.2, -0.15) is 11.8 Å². The van der Waals surface area contributed by atoms with E-state index in [1.165, 1.54) is 0 Å². The molecule has 0 radical (unpaired) electrons. The van der Waals surface area contributed by atoms with E-state index in [1.807, 2.05) is 58.5 Å². The third-order valence-corrected chi connectivity index (χ3v) is 8.49. The SMILES string of the molecule is CSC1CC(C)NC(=O)C1CNC(=O)c1c(C)n([C@H](C)C2OCC(N(C)C)CO2)c2ccccc12. The highest BCUT2D eigenvalue weighted by molar-refractivity contribution is 7.99. The van der Waals surface area contributed by atoms with E-state index in [-0.39, 0.29) is 41.1 Å². The van der Waals surface area contributed by atoms with Crippen LogP contribution in [0.1, 0.15) is 42.4 Å². The standard InChI is InChI=1S/C26H38N4O4S/c1-15-11-22(35-6)20(24(31)28-15)12-27-25(32)23-16(2)30(21-10-8-7-9-19(21)23)17(3)26-33-13-18(14-34-26)29(4)5/h7-10,15,17-18,20,22,26H,11-14H2,1-6H3,(H,27,32)(H,28,31)/t15?,17-,18?,20?,22?,26?/m1/s1. The highest BCUT2D eigenvalue weighted by Crippen LogP contribution is 2.33. The van der Waals surface area contributed by atoms with Crippen LogP contribution in [0.4, 0.5) is 0 Å². The third kappa shape index (κ3) is 5.23. The minimum atomic E-state index is -0.396. The molecular weight excluding hydrogens is 464 g/mol. The number of nitrogens with zero attached hydrogens (tertiary/aromatic N) is 2. The van der Waals surface area contributed by atoms with E-state index in [2.05, 4.69) is 27.0 Å². The van der Waals surface area contributed by atoms with Crippen LogP contribution in [0.5, 0.6) is 0 Å². The molecular formula is C26H38N4O4S. The lowest BCUT2D eigenvalue weighted by Crippen LogP contribution is -2.52. The summed E-state index contributed by atoms with van der Waals surface area (Å²) in [5, 5.41) is 7.17. The van der Waals surface area contributed by atoms with Crippen LogP contribution in [-0.4, -0.2) is 85.0 Å². The molecule has 3 unspecified atom stereocenters. The molecule has 2 amide bonds. The molecule has 2 aliphatic rings. The summed E-state index contributed by atoms with van der Waals surface area (Å²) < 4.78 is 14.3. The van der Waals surface area contributed by atoms with E-state index in [0.29, 0.717) is 25.3 Å². The van der Waals surface area contributed by atoms with Crippen molar-refractivity contribution in [2.75, 3.05) is 40.1 Å².